The first kappa shape index (κ1) is 10.4. The van der Waals surface area contributed by atoms with Gasteiger partial charge in [0.15, 0.2) is 0 Å². The van der Waals surface area contributed by atoms with Crippen LogP contribution >= 0.6 is 0 Å². The van der Waals surface area contributed by atoms with Crippen LogP contribution in [0.2, 0.25) is 0 Å². The molecule has 1 aliphatic heterocycles. The van der Waals surface area contributed by atoms with Gasteiger partial charge in [-0.15, -0.1) is 0 Å². The lowest BCUT2D eigenvalue weighted by Gasteiger charge is -2.35. The highest BCUT2D eigenvalue weighted by atomic mass is 14.9. The van der Waals surface area contributed by atoms with E-state index in [0.29, 0.717) is 0 Å². The van der Waals surface area contributed by atoms with Gasteiger partial charge in [0.2, 0.25) is 0 Å². The maximum atomic E-state index is 3.54. The molecule has 0 aromatic heterocycles. The quantitative estimate of drug-likeness (QED) is 0.699. The van der Waals surface area contributed by atoms with Gasteiger partial charge in [0.25, 0.3) is 0 Å². The average molecular weight is 223 g/mol. The molecule has 0 unspecified atom stereocenters. The minimum Gasteiger partial charge on any atom is -0.355 e. The summed E-state index contributed by atoms with van der Waals surface area (Å²) in [7, 11) is 0. The topological polar surface area (TPSA) is 12.0 Å². The second kappa shape index (κ2) is 3.36. The van der Waals surface area contributed by atoms with Gasteiger partial charge in [0.05, 0.1) is 0 Å². The van der Waals surface area contributed by atoms with Crippen LogP contribution in [0.1, 0.15) is 30.5 Å². The molecule has 1 N–H and O–H groups in total. The number of hydrogen-bond acceptors (Lipinski definition) is 1. The molecular formula is C16H17N. The van der Waals surface area contributed by atoms with Crippen molar-refractivity contribution in [1.29, 1.82) is 0 Å². The maximum Gasteiger partial charge on any atom is 0.0428 e. The minimum absolute atomic E-state index is 0.0743. The molecule has 3 rings (SSSR count). The third-order valence-corrected chi connectivity index (χ3v) is 3.72. The monoisotopic (exact) mass is 223 g/mol. The Morgan fingerprint density at radius 1 is 0.882 bits per heavy atom. The van der Waals surface area contributed by atoms with Gasteiger partial charge in [-0.05, 0) is 35.7 Å². The predicted molar refractivity (Wildman–Crippen MR) is 73.0 cm³/mol. The van der Waals surface area contributed by atoms with E-state index in [-0.39, 0.29) is 5.41 Å². The summed E-state index contributed by atoms with van der Waals surface area (Å²) in [4.78, 5) is 0. The van der Waals surface area contributed by atoms with E-state index < -0.39 is 0 Å². The molecule has 0 saturated carbocycles. The Bertz CT molecular complexity index is 582. The zero-order chi connectivity index (χ0) is 12.0. The first-order valence-corrected chi connectivity index (χ1v) is 6.07. The Labute approximate surface area is 102 Å². The standard InChI is InChI=1S/C16H17N/c1-11-8-9-13-15(10-11)17-14-7-5-4-6-12(14)16(13,2)3/h4-10,17H,1-3H3. The molecule has 17 heavy (non-hydrogen) atoms. The summed E-state index contributed by atoms with van der Waals surface area (Å²) in [6.07, 6.45) is 0. The Balaban J connectivity index is 2.26. The summed E-state index contributed by atoms with van der Waals surface area (Å²) in [6, 6.07) is 15.2. The van der Waals surface area contributed by atoms with Crippen molar-refractivity contribution in [2.24, 2.45) is 0 Å². The number of aryl methyl sites for hydroxylation is 1. The summed E-state index contributed by atoms with van der Waals surface area (Å²) >= 11 is 0. The third kappa shape index (κ3) is 1.46. The highest BCUT2D eigenvalue weighted by Crippen LogP contribution is 2.45. The van der Waals surface area contributed by atoms with Gasteiger partial charge < -0.3 is 5.32 Å². The number of para-hydroxylation sites is 1. The van der Waals surface area contributed by atoms with E-state index >= 15 is 0 Å². The largest absolute Gasteiger partial charge is 0.355 e. The van der Waals surface area contributed by atoms with Crippen molar-refractivity contribution in [3.05, 3.63) is 59.2 Å². The lowest BCUT2D eigenvalue weighted by molar-refractivity contribution is 0.638. The van der Waals surface area contributed by atoms with E-state index in [1.165, 1.54) is 28.1 Å². The fourth-order valence-electron chi connectivity index (χ4n) is 2.73. The van der Waals surface area contributed by atoms with E-state index in [9.17, 15) is 0 Å². The molecule has 2 aromatic rings. The van der Waals surface area contributed by atoms with Gasteiger partial charge in [-0.25, -0.2) is 0 Å². The lowest BCUT2D eigenvalue weighted by atomic mass is 9.74. The number of hydrogen-bond donors (Lipinski definition) is 1. The second-order valence-electron chi connectivity index (χ2n) is 5.34. The molecular weight excluding hydrogens is 206 g/mol. The Morgan fingerprint density at radius 3 is 2.41 bits per heavy atom. The highest BCUT2D eigenvalue weighted by molar-refractivity contribution is 5.75. The van der Waals surface area contributed by atoms with Crippen LogP contribution in [-0.2, 0) is 5.41 Å². The van der Waals surface area contributed by atoms with E-state index in [1.807, 2.05) is 0 Å². The van der Waals surface area contributed by atoms with Crippen molar-refractivity contribution in [3.8, 4) is 0 Å². The maximum absolute atomic E-state index is 3.54. The smallest absolute Gasteiger partial charge is 0.0428 e. The van der Waals surface area contributed by atoms with Gasteiger partial charge in [-0.3, -0.25) is 0 Å². The lowest BCUT2D eigenvalue weighted by Crippen LogP contribution is -2.25. The van der Waals surface area contributed by atoms with Crippen molar-refractivity contribution >= 4 is 11.4 Å². The normalized spacial score (nSPS) is 15.7. The molecule has 0 fully saturated rings. The van der Waals surface area contributed by atoms with Crippen LogP contribution in [0.15, 0.2) is 42.5 Å². The molecule has 1 nitrogen and oxygen atoms in total. The number of anilines is 2. The molecule has 1 heterocycles. The molecule has 2 aromatic carbocycles. The molecule has 0 spiro atoms. The van der Waals surface area contributed by atoms with Crippen LogP contribution < -0.4 is 5.32 Å². The molecule has 1 aliphatic rings. The third-order valence-electron chi connectivity index (χ3n) is 3.72. The summed E-state index contributed by atoms with van der Waals surface area (Å²) < 4.78 is 0. The van der Waals surface area contributed by atoms with Crippen molar-refractivity contribution in [2.45, 2.75) is 26.2 Å². The molecule has 0 atom stereocenters. The molecule has 0 amide bonds. The van der Waals surface area contributed by atoms with Gasteiger partial charge in [0.1, 0.15) is 0 Å². The molecule has 0 radical (unpaired) electrons. The number of fused-ring (bicyclic) bond motifs is 2. The van der Waals surface area contributed by atoms with Gasteiger partial charge >= 0.3 is 0 Å². The summed E-state index contributed by atoms with van der Waals surface area (Å²) in [5.74, 6) is 0. The van der Waals surface area contributed by atoms with Crippen LogP contribution in [0.3, 0.4) is 0 Å². The highest BCUT2D eigenvalue weighted by Gasteiger charge is 2.31. The zero-order valence-electron chi connectivity index (χ0n) is 10.5. The van der Waals surface area contributed by atoms with Crippen LogP contribution in [0.5, 0.6) is 0 Å². The Hall–Kier alpha value is -1.76. The van der Waals surface area contributed by atoms with Crippen molar-refractivity contribution in [2.75, 3.05) is 5.32 Å². The molecule has 0 aliphatic carbocycles. The number of rotatable bonds is 0. The zero-order valence-corrected chi connectivity index (χ0v) is 10.5. The van der Waals surface area contributed by atoms with Crippen molar-refractivity contribution < 1.29 is 0 Å². The summed E-state index contributed by atoms with van der Waals surface area (Å²) in [6.45, 7) is 6.72. The fraction of sp³-hybridized carbons (Fsp3) is 0.250. The Morgan fingerprint density at radius 2 is 1.59 bits per heavy atom. The van der Waals surface area contributed by atoms with Crippen LogP contribution in [-0.4, -0.2) is 0 Å². The first-order valence-electron chi connectivity index (χ1n) is 6.07. The summed E-state index contributed by atoms with van der Waals surface area (Å²) in [5, 5.41) is 3.54. The van der Waals surface area contributed by atoms with Crippen molar-refractivity contribution in [1.82, 2.24) is 0 Å². The minimum atomic E-state index is 0.0743. The fourth-order valence-corrected chi connectivity index (χ4v) is 2.73. The van der Waals surface area contributed by atoms with Crippen LogP contribution in [0, 0.1) is 6.92 Å². The molecule has 86 valence electrons. The number of nitrogens with one attached hydrogen (secondary N) is 1. The van der Waals surface area contributed by atoms with E-state index in [2.05, 4.69) is 68.6 Å². The van der Waals surface area contributed by atoms with E-state index in [0.717, 1.165) is 0 Å². The Kier molecular flexibility index (Phi) is 2.06. The van der Waals surface area contributed by atoms with Gasteiger partial charge in [0, 0.05) is 16.8 Å². The molecule has 0 bridgehead atoms. The van der Waals surface area contributed by atoms with E-state index in [4.69, 9.17) is 0 Å². The van der Waals surface area contributed by atoms with Crippen LogP contribution in [0.4, 0.5) is 11.4 Å². The van der Waals surface area contributed by atoms with Gasteiger partial charge in [-0.2, -0.15) is 0 Å². The number of benzene rings is 2. The average Bonchev–Trinajstić information content (AvgIpc) is 2.28. The first-order chi connectivity index (χ1) is 8.09. The van der Waals surface area contributed by atoms with Crippen molar-refractivity contribution in [3.63, 3.8) is 0 Å². The molecule has 0 saturated heterocycles. The van der Waals surface area contributed by atoms with E-state index in [1.54, 1.807) is 0 Å². The predicted octanol–water partition coefficient (Wildman–Crippen LogP) is 4.38. The van der Waals surface area contributed by atoms with Crippen LogP contribution in [0.25, 0.3) is 0 Å². The van der Waals surface area contributed by atoms with Gasteiger partial charge in [-0.1, -0.05) is 44.2 Å². The SMILES string of the molecule is Cc1ccc2c(c1)Nc1ccccc1C2(C)C. The summed E-state index contributed by atoms with van der Waals surface area (Å²) in [5.41, 5.74) is 6.60. The molecule has 1 heteroatoms. The second-order valence-corrected chi connectivity index (χ2v) is 5.34.